The predicted molar refractivity (Wildman–Crippen MR) is 68.5 cm³/mol. The van der Waals surface area contributed by atoms with Crippen LogP contribution in [0.25, 0.3) is 0 Å². The number of carbonyl (C=O) groups is 1. The first kappa shape index (κ1) is 12.2. The highest BCUT2D eigenvalue weighted by Gasteiger charge is 2.21. The summed E-state index contributed by atoms with van der Waals surface area (Å²) in [5.41, 5.74) is 0.813. The van der Waals surface area contributed by atoms with Crippen molar-refractivity contribution in [3.05, 3.63) is 29.8 Å². The highest BCUT2D eigenvalue weighted by Crippen LogP contribution is 2.30. The van der Waals surface area contributed by atoms with E-state index in [0.29, 0.717) is 12.3 Å². The van der Waals surface area contributed by atoms with Crippen LogP contribution in [0.4, 0.5) is 0 Å². The Labute approximate surface area is 103 Å². The van der Waals surface area contributed by atoms with Crippen LogP contribution in [0.15, 0.2) is 24.3 Å². The summed E-state index contributed by atoms with van der Waals surface area (Å²) in [4.78, 5) is 11.9. The van der Waals surface area contributed by atoms with Gasteiger partial charge in [0, 0.05) is 12.0 Å². The molecule has 0 heterocycles. The van der Waals surface area contributed by atoms with Gasteiger partial charge in [0.1, 0.15) is 5.75 Å². The van der Waals surface area contributed by atoms with Gasteiger partial charge in [-0.3, -0.25) is 4.79 Å². The van der Waals surface area contributed by atoms with Crippen molar-refractivity contribution in [2.45, 2.75) is 45.6 Å². The van der Waals surface area contributed by atoms with E-state index in [1.54, 1.807) is 0 Å². The molecule has 0 bridgehead atoms. The molecule has 0 atom stereocenters. The molecule has 1 fully saturated rings. The summed E-state index contributed by atoms with van der Waals surface area (Å²) in [5, 5.41) is 0. The van der Waals surface area contributed by atoms with Gasteiger partial charge >= 0.3 is 0 Å². The normalized spacial score (nSPS) is 15.7. The van der Waals surface area contributed by atoms with Gasteiger partial charge < -0.3 is 4.74 Å². The van der Waals surface area contributed by atoms with Crippen molar-refractivity contribution in [3.8, 4) is 5.75 Å². The fourth-order valence-electron chi connectivity index (χ4n) is 2.07. The minimum absolute atomic E-state index is 0.173. The number of Topliss-reactive ketones (excluding diaryl/α,β-unsaturated/α-hetero) is 1. The summed E-state index contributed by atoms with van der Waals surface area (Å²) in [6.07, 6.45) is 4.62. The lowest BCUT2D eigenvalue weighted by atomic mass is 9.81. The maximum atomic E-state index is 11.9. The molecule has 0 radical (unpaired) electrons. The summed E-state index contributed by atoms with van der Waals surface area (Å²) in [7, 11) is 0. The molecule has 0 N–H and O–H groups in total. The van der Waals surface area contributed by atoms with E-state index >= 15 is 0 Å². The third-order valence-corrected chi connectivity index (χ3v) is 3.25. The van der Waals surface area contributed by atoms with Crippen molar-refractivity contribution in [2.24, 2.45) is 5.92 Å². The molecule has 0 saturated heterocycles. The van der Waals surface area contributed by atoms with Crippen molar-refractivity contribution >= 4 is 5.78 Å². The number of benzene rings is 1. The Morgan fingerprint density at radius 3 is 2.41 bits per heavy atom. The number of carbonyl (C=O) groups excluding carboxylic acids is 1. The number of hydrogen-bond donors (Lipinski definition) is 0. The molecule has 1 aliphatic carbocycles. The Kier molecular flexibility index (Phi) is 3.82. The molecular weight excluding hydrogens is 212 g/mol. The van der Waals surface area contributed by atoms with Crippen LogP contribution >= 0.6 is 0 Å². The summed E-state index contributed by atoms with van der Waals surface area (Å²) >= 11 is 0. The van der Waals surface area contributed by atoms with Gasteiger partial charge in [0.25, 0.3) is 0 Å². The fraction of sp³-hybridized carbons (Fsp3) is 0.533. The lowest BCUT2D eigenvalue weighted by Gasteiger charge is -2.24. The van der Waals surface area contributed by atoms with Crippen LogP contribution in [0.1, 0.15) is 49.9 Å². The highest BCUT2D eigenvalue weighted by atomic mass is 16.5. The zero-order valence-electron chi connectivity index (χ0n) is 10.6. The SMILES string of the molecule is CC(C)Oc1ccc(C(=O)CC2CCC2)cc1. The standard InChI is InChI=1S/C15H20O2/c1-11(2)17-14-8-6-13(7-9-14)15(16)10-12-4-3-5-12/h6-9,11-12H,3-5,10H2,1-2H3. The quantitative estimate of drug-likeness (QED) is 0.721. The van der Waals surface area contributed by atoms with Gasteiger partial charge in [-0.15, -0.1) is 0 Å². The molecule has 2 nitrogen and oxygen atoms in total. The Bertz CT molecular complexity index is 374. The largest absolute Gasteiger partial charge is 0.491 e. The first-order chi connectivity index (χ1) is 8.15. The van der Waals surface area contributed by atoms with Gasteiger partial charge in [-0.25, -0.2) is 0 Å². The van der Waals surface area contributed by atoms with Crippen molar-refractivity contribution in [2.75, 3.05) is 0 Å². The second kappa shape index (κ2) is 5.35. The summed E-state index contributed by atoms with van der Waals surface area (Å²) in [6, 6.07) is 7.51. The fourth-order valence-corrected chi connectivity index (χ4v) is 2.07. The molecule has 2 heteroatoms. The zero-order valence-corrected chi connectivity index (χ0v) is 10.6. The molecule has 0 aliphatic heterocycles. The van der Waals surface area contributed by atoms with E-state index in [9.17, 15) is 4.79 Å². The Morgan fingerprint density at radius 1 is 1.29 bits per heavy atom. The molecule has 2 rings (SSSR count). The van der Waals surface area contributed by atoms with Gasteiger partial charge in [-0.1, -0.05) is 19.3 Å². The van der Waals surface area contributed by atoms with E-state index in [-0.39, 0.29) is 11.9 Å². The van der Waals surface area contributed by atoms with E-state index in [0.717, 1.165) is 11.3 Å². The summed E-state index contributed by atoms with van der Waals surface area (Å²) < 4.78 is 5.55. The van der Waals surface area contributed by atoms with Gasteiger partial charge in [0.15, 0.2) is 5.78 Å². The Morgan fingerprint density at radius 2 is 1.94 bits per heavy atom. The second-order valence-corrected chi connectivity index (χ2v) is 5.12. The van der Waals surface area contributed by atoms with E-state index in [1.165, 1.54) is 19.3 Å². The van der Waals surface area contributed by atoms with Gasteiger partial charge in [0.05, 0.1) is 6.10 Å². The predicted octanol–water partition coefficient (Wildman–Crippen LogP) is 3.85. The van der Waals surface area contributed by atoms with Crippen LogP contribution in [-0.2, 0) is 0 Å². The molecule has 1 saturated carbocycles. The van der Waals surface area contributed by atoms with Crippen molar-refractivity contribution in [1.29, 1.82) is 0 Å². The highest BCUT2D eigenvalue weighted by molar-refractivity contribution is 5.96. The third-order valence-electron chi connectivity index (χ3n) is 3.25. The molecule has 0 aromatic heterocycles. The average molecular weight is 232 g/mol. The lowest BCUT2D eigenvalue weighted by molar-refractivity contribution is 0.0936. The average Bonchev–Trinajstić information content (AvgIpc) is 2.23. The second-order valence-electron chi connectivity index (χ2n) is 5.12. The van der Waals surface area contributed by atoms with Crippen molar-refractivity contribution in [3.63, 3.8) is 0 Å². The molecule has 0 unspecified atom stereocenters. The molecule has 17 heavy (non-hydrogen) atoms. The van der Waals surface area contributed by atoms with Gasteiger partial charge in [-0.05, 0) is 44.0 Å². The van der Waals surface area contributed by atoms with E-state index in [4.69, 9.17) is 4.74 Å². The molecular formula is C15H20O2. The number of hydrogen-bond acceptors (Lipinski definition) is 2. The molecule has 92 valence electrons. The maximum absolute atomic E-state index is 11.9. The van der Waals surface area contributed by atoms with Crippen molar-refractivity contribution < 1.29 is 9.53 Å². The smallest absolute Gasteiger partial charge is 0.163 e. The first-order valence-electron chi connectivity index (χ1n) is 6.45. The van der Waals surface area contributed by atoms with Crippen LogP contribution in [0.2, 0.25) is 0 Å². The number of ether oxygens (including phenoxy) is 1. The molecule has 0 amide bonds. The molecule has 0 spiro atoms. The monoisotopic (exact) mass is 232 g/mol. The maximum Gasteiger partial charge on any atom is 0.163 e. The van der Waals surface area contributed by atoms with Crippen LogP contribution < -0.4 is 4.74 Å². The first-order valence-corrected chi connectivity index (χ1v) is 6.45. The van der Waals surface area contributed by atoms with Crippen LogP contribution in [0.3, 0.4) is 0 Å². The third kappa shape index (κ3) is 3.32. The molecule has 1 aromatic carbocycles. The zero-order chi connectivity index (χ0) is 12.3. The van der Waals surface area contributed by atoms with Crippen molar-refractivity contribution in [1.82, 2.24) is 0 Å². The number of rotatable bonds is 5. The van der Waals surface area contributed by atoms with E-state index < -0.39 is 0 Å². The van der Waals surface area contributed by atoms with Crippen LogP contribution in [0.5, 0.6) is 5.75 Å². The van der Waals surface area contributed by atoms with Gasteiger partial charge in [0.2, 0.25) is 0 Å². The minimum Gasteiger partial charge on any atom is -0.491 e. The van der Waals surface area contributed by atoms with Gasteiger partial charge in [-0.2, -0.15) is 0 Å². The minimum atomic E-state index is 0.173. The van der Waals surface area contributed by atoms with Crippen LogP contribution in [-0.4, -0.2) is 11.9 Å². The van der Waals surface area contributed by atoms with E-state index in [1.807, 2.05) is 38.1 Å². The van der Waals surface area contributed by atoms with Crippen LogP contribution in [0, 0.1) is 5.92 Å². The summed E-state index contributed by atoms with van der Waals surface area (Å²) in [5.74, 6) is 1.74. The Balaban J connectivity index is 1.94. The lowest BCUT2D eigenvalue weighted by Crippen LogP contribution is -2.15. The Hall–Kier alpha value is -1.31. The molecule has 1 aliphatic rings. The van der Waals surface area contributed by atoms with E-state index in [2.05, 4.69) is 0 Å². The number of ketones is 1. The topological polar surface area (TPSA) is 26.3 Å². The molecule has 1 aromatic rings. The summed E-state index contributed by atoms with van der Waals surface area (Å²) in [6.45, 7) is 3.99.